The Morgan fingerprint density at radius 1 is 1.04 bits per heavy atom. The Balaban J connectivity index is 1.80. The number of rotatable bonds is 2. The van der Waals surface area contributed by atoms with Gasteiger partial charge in [0, 0.05) is 22.7 Å². The van der Waals surface area contributed by atoms with Gasteiger partial charge in [-0.15, -0.1) is 0 Å². The lowest BCUT2D eigenvalue weighted by Crippen LogP contribution is -1.88. The van der Waals surface area contributed by atoms with E-state index < -0.39 is 0 Å². The standard InChI is InChI=1S/C18H11FN4O/c19-14-4-1-11(2-5-14)16-17(23-7-8-24-18(23)21-16)12-3-6-15-13(9-12)10-20-22-15/h1-10H,(H,20,22). The zero-order chi connectivity index (χ0) is 16.1. The van der Waals surface area contributed by atoms with Crippen LogP contribution in [0.2, 0.25) is 0 Å². The van der Waals surface area contributed by atoms with E-state index in [0.717, 1.165) is 33.4 Å². The second-order valence-electron chi connectivity index (χ2n) is 5.54. The van der Waals surface area contributed by atoms with Gasteiger partial charge in [-0.1, -0.05) is 6.07 Å². The predicted molar refractivity (Wildman–Crippen MR) is 87.9 cm³/mol. The monoisotopic (exact) mass is 318 g/mol. The first-order chi connectivity index (χ1) is 11.8. The van der Waals surface area contributed by atoms with Crippen molar-refractivity contribution < 1.29 is 8.81 Å². The number of nitrogens with one attached hydrogen (secondary N) is 1. The molecule has 6 heteroatoms. The Labute approximate surface area is 135 Å². The smallest absolute Gasteiger partial charge is 0.306 e. The van der Waals surface area contributed by atoms with Crippen LogP contribution in [0, 0.1) is 5.82 Å². The van der Waals surface area contributed by atoms with Gasteiger partial charge in [0.15, 0.2) is 0 Å². The van der Waals surface area contributed by atoms with E-state index in [4.69, 9.17) is 4.42 Å². The van der Waals surface area contributed by atoms with Gasteiger partial charge in [0.05, 0.1) is 17.4 Å². The fourth-order valence-electron chi connectivity index (χ4n) is 2.96. The molecule has 0 aliphatic carbocycles. The SMILES string of the molecule is Fc1ccc(-c2nc3occn3c2-c2ccc3[nH]ncc3c2)cc1. The van der Waals surface area contributed by atoms with Crippen molar-refractivity contribution in [1.29, 1.82) is 0 Å². The molecule has 5 rings (SSSR count). The highest BCUT2D eigenvalue weighted by Gasteiger charge is 2.18. The van der Waals surface area contributed by atoms with E-state index in [1.165, 1.54) is 12.1 Å². The van der Waals surface area contributed by atoms with E-state index in [0.29, 0.717) is 5.84 Å². The maximum Gasteiger partial charge on any atom is 0.306 e. The van der Waals surface area contributed by atoms with E-state index in [2.05, 4.69) is 15.2 Å². The molecule has 0 fully saturated rings. The third-order valence-electron chi connectivity index (χ3n) is 4.09. The molecule has 5 aromatic rings. The molecule has 0 radical (unpaired) electrons. The fourth-order valence-corrected chi connectivity index (χ4v) is 2.96. The summed E-state index contributed by atoms with van der Waals surface area (Å²) in [6.45, 7) is 0. The molecule has 0 unspecified atom stereocenters. The Hall–Kier alpha value is -3.41. The van der Waals surface area contributed by atoms with Crippen LogP contribution in [0.25, 0.3) is 39.3 Å². The number of aromatic amines is 1. The number of hydrogen-bond acceptors (Lipinski definition) is 3. The van der Waals surface area contributed by atoms with E-state index in [-0.39, 0.29) is 5.82 Å². The van der Waals surface area contributed by atoms with Crippen molar-refractivity contribution in [2.75, 3.05) is 0 Å². The van der Waals surface area contributed by atoms with Crippen LogP contribution in [-0.4, -0.2) is 19.6 Å². The van der Waals surface area contributed by atoms with Crippen LogP contribution in [-0.2, 0) is 0 Å². The number of hydrogen-bond donors (Lipinski definition) is 1. The van der Waals surface area contributed by atoms with Gasteiger partial charge in [-0.2, -0.15) is 10.1 Å². The highest BCUT2D eigenvalue weighted by molar-refractivity contribution is 5.88. The maximum atomic E-state index is 13.3. The number of fused-ring (bicyclic) bond motifs is 2. The summed E-state index contributed by atoms with van der Waals surface area (Å²) in [6.07, 6.45) is 5.20. The van der Waals surface area contributed by atoms with Crippen molar-refractivity contribution in [3.05, 3.63) is 66.9 Å². The van der Waals surface area contributed by atoms with E-state index in [1.807, 2.05) is 28.8 Å². The number of H-pyrrole nitrogens is 1. The molecule has 3 heterocycles. The van der Waals surface area contributed by atoms with Gasteiger partial charge < -0.3 is 4.42 Å². The summed E-state index contributed by atoms with van der Waals surface area (Å²) in [5, 5.41) is 8.01. The van der Waals surface area contributed by atoms with Crippen LogP contribution < -0.4 is 0 Å². The normalized spacial score (nSPS) is 11.5. The van der Waals surface area contributed by atoms with Crippen LogP contribution in [0.4, 0.5) is 4.39 Å². The lowest BCUT2D eigenvalue weighted by atomic mass is 10.0. The number of benzene rings is 2. The van der Waals surface area contributed by atoms with Gasteiger partial charge in [0.25, 0.3) is 0 Å². The highest BCUT2D eigenvalue weighted by atomic mass is 19.1. The van der Waals surface area contributed by atoms with Gasteiger partial charge in [0.2, 0.25) is 0 Å². The van der Waals surface area contributed by atoms with E-state index in [1.54, 1.807) is 24.6 Å². The molecule has 0 aliphatic rings. The molecule has 0 saturated carbocycles. The summed E-state index contributed by atoms with van der Waals surface area (Å²) < 4.78 is 20.6. The Bertz CT molecular complexity index is 1170. The molecule has 1 N–H and O–H groups in total. The van der Waals surface area contributed by atoms with Crippen LogP contribution >= 0.6 is 0 Å². The van der Waals surface area contributed by atoms with Crippen molar-refractivity contribution >= 4 is 16.7 Å². The maximum absolute atomic E-state index is 13.3. The van der Waals surface area contributed by atoms with Crippen molar-refractivity contribution in [1.82, 2.24) is 19.6 Å². The van der Waals surface area contributed by atoms with Gasteiger partial charge >= 0.3 is 5.84 Å². The first kappa shape index (κ1) is 13.1. The van der Waals surface area contributed by atoms with Crippen molar-refractivity contribution in [3.8, 4) is 22.5 Å². The molecule has 0 bridgehead atoms. The lowest BCUT2D eigenvalue weighted by Gasteiger charge is -2.05. The van der Waals surface area contributed by atoms with Crippen molar-refractivity contribution in [2.45, 2.75) is 0 Å². The molecule has 24 heavy (non-hydrogen) atoms. The molecule has 2 aromatic carbocycles. The number of imidazole rings is 1. The minimum Gasteiger partial charge on any atom is -0.432 e. The molecule has 0 atom stereocenters. The Morgan fingerprint density at radius 3 is 2.75 bits per heavy atom. The first-order valence-electron chi connectivity index (χ1n) is 7.44. The summed E-state index contributed by atoms with van der Waals surface area (Å²) >= 11 is 0. The minimum atomic E-state index is -0.275. The molecule has 3 aromatic heterocycles. The zero-order valence-corrected chi connectivity index (χ0v) is 12.4. The average Bonchev–Trinajstić information content (AvgIpc) is 3.29. The van der Waals surface area contributed by atoms with Crippen LogP contribution in [0.5, 0.6) is 0 Å². The van der Waals surface area contributed by atoms with Crippen molar-refractivity contribution in [3.63, 3.8) is 0 Å². The highest BCUT2D eigenvalue weighted by Crippen LogP contribution is 2.34. The second kappa shape index (κ2) is 4.79. The van der Waals surface area contributed by atoms with Gasteiger partial charge in [-0.25, -0.2) is 4.39 Å². The lowest BCUT2D eigenvalue weighted by molar-refractivity contribution is 0.596. The largest absolute Gasteiger partial charge is 0.432 e. The molecule has 0 saturated heterocycles. The molecule has 0 aliphatic heterocycles. The second-order valence-corrected chi connectivity index (χ2v) is 5.54. The number of aromatic nitrogens is 4. The van der Waals surface area contributed by atoms with Gasteiger partial charge in [-0.05, 0) is 36.4 Å². The van der Waals surface area contributed by atoms with Crippen LogP contribution in [0.15, 0.2) is 65.5 Å². The van der Waals surface area contributed by atoms with Crippen molar-refractivity contribution in [2.24, 2.45) is 0 Å². The average molecular weight is 318 g/mol. The number of nitrogens with zero attached hydrogens (tertiary/aromatic N) is 3. The summed E-state index contributed by atoms with van der Waals surface area (Å²) in [6, 6.07) is 12.3. The van der Waals surface area contributed by atoms with Gasteiger partial charge in [-0.3, -0.25) is 9.50 Å². The fraction of sp³-hybridized carbons (Fsp3) is 0. The molecule has 0 amide bonds. The predicted octanol–water partition coefficient (Wildman–Crippen LogP) is 4.28. The first-order valence-corrected chi connectivity index (χ1v) is 7.44. The molecule has 0 spiro atoms. The summed E-state index contributed by atoms with van der Waals surface area (Å²) in [5.41, 5.74) is 4.43. The molecule has 5 nitrogen and oxygen atoms in total. The Morgan fingerprint density at radius 2 is 1.88 bits per heavy atom. The van der Waals surface area contributed by atoms with Crippen LogP contribution in [0.1, 0.15) is 0 Å². The minimum absolute atomic E-state index is 0.275. The topological polar surface area (TPSA) is 59.1 Å². The van der Waals surface area contributed by atoms with E-state index >= 15 is 0 Å². The summed E-state index contributed by atoms with van der Waals surface area (Å²) in [7, 11) is 0. The molecule has 116 valence electrons. The summed E-state index contributed by atoms with van der Waals surface area (Å²) in [4.78, 5) is 4.57. The van der Waals surface area contributed by atoms with Gasteiger partial charge in [0.1, 0.15) is 17.8 Å². The quantitative estimate of drug-likeness (QED) is 0.528. The number of oxazole rings is 1. The zero-order valence-electron chi connectivity index (χ0n) is 12.4. The Kier molecular flexibility index (Phi) is 2.61. The van der Waals surface area contributed by atoms with E-state index in [9.17, 15) is 4.39 Å². The number of halogens is 1. The molecular formula is C18H11FN4O. The third kappa shape index (κ3) is 1.86. The third-order valence-corrected chi connectivity index (χ3v) is 4.09. The molecular weight excluding hydrogens is 307 g/mol. The summed E-state index contributed by atoms with van der Waals surface area (Å²) in [5.74, 6) is 0.222. The van der Waals surface area contributed by atoms with Crippen LogP contribution in [0.3, 0.4) is 0 Å².